The average molecular weight is 337 g/mol. The molecule has 24 heavy (non-hydrogen) atoms. The zero-order valence-corrected chi connectivity index (χ0v) is 12.9. The molecule has 0 aliphatic carbocycles. The van der Waals surface area contributed by atoms with Gasteiger partial charge in [-0.25, -0.2) is 14.8 Å². The van der Waals surface area contributed by atoms with Crippen LogP contribution < -0.4 is 16.0 Å². The van der Waals surface area contributed by atoms with E-state index in [1.54, 1.807) is 6.20 Å². The van der Waals surface area contributed by atoms with Gasteiger partial charge in [0.05, 0.1) is 6.10 Å². The van der Waals surface area contributed by atoms with E-state index in [1.165, 1.54) is 0 Å². The molecule has 1 aromatic heterocycles. The highest BCUT2D eigenvalue weighted by atomic mass is 16.4. The number of rotatable bonds is 3. The van der Waals surface area contributed by atoms with E-state index in [0.29, 0.717) is 44.6 Å². The van der Waals surface area contributed by atoms with E-state index < -0.39 is 12.2 Å². The van der Waals surface area contributed by atoms with Crippen LogP contribution in [0, 0.1) is 5.92 Å². The number of hydrogen-bond acceptors (Lipinski definition) is 7. The van der Waals surface area contributed by atoms with Crippen molar-refractivity contribution in [3.8, 4) is 0 Å². The average Bonchev–Trinajstić information content (AvgIpc) is 2.98. The molecule has 5 N–H and O–H groups in total. The van der Waals surface area contributed by atoms with Gasteiger partial charge in [0.25, 0.3) is 0 Å². The van der Waals surface area contributed by atoms with E-state index in [4.69, 9.17) is 5.11 Å². The highest BCUT2D eigenvalue weighted by Crippen LogP contribution is 2.18. The number of carboxylic acid groups (broad SMARTS) is 1. The molecule has 130 valence electrons. The van der Waals surface area contributed by atoms with Crippen LogP contribution in [0.1, 0.15) is 22.6 Å². The van der Waals surface area contributed by atoms with Gasteiger partial charge in [0.2, 0.25) is 5.91 Å². The molecule has 3 rings (SSSR count). The van der Waals surface area contributed by atoms with Gasteiger partial charge in [-0.05, 0) is 6.42 Å². The number of nitrogens with one attached hydrogen (secondary N) is 3. The predicted molar refractivity (Wildman–Crippen MR) is 82.8 cm³/mol. The Morgan fingerprint density at radius 3 is 2.83 bits per heavy atom. The summed E-state index contributed by atoms with van der Waals surface area (Å²) in [6.45, 7) is 1.57. The van der Waals surface area contributed by atoms with E-state index in [2.05, 4.69) is 25.9 Å². The Morgan fingerprint density at radius 2 is 2.21 bits per heavy atom. The minimum Gasteiger partial charge on any atom is -0.465 e. The van der Waals surface area contributed by atoms with Crippen molar-refractivity contribution in [2.45, 2.75) is 18.9 Å². The van der Waals surface area contributed by atoms with E-state index in [1.807, 2.05) is 0 Å². The summed E-state index contributed by atoms with van der Waals surface area (Å²) in [5.41, 5.74) is 0.880. The number of nitrogens with zero attached hydrogens (tertiary/aromatic N) is 2. The van der Waals surface area contributed by atoms with Crippen molar-refractivity contribution >= 4 is 24.1 Å². The Kier molecular flexibility index (Phi) is 6.15. The molecule has 2 aliphatic heterocycles. The van der Waals surface area contributed by atoms with Crippen LogP contribution in [0.25, 0.3) is 0 Å². The number of β-amino-alcohol motifs (C(OH)–C–C–N with tert-alkyl or cyclic N) is 1. The lowest BCUT2D eigenvalue weighted by Gasteiger charge is -2.14. The molecular weight excluding hydrogens is 318 g/mol. The lowest BCUT2D eigenvalue weighted by Crippen LogP contribution is -2.33. The molecule has 0 unspecified atom stereocenters. The van der Waals surface area contributed by atoms with Gasteiger partial charge in [-0.15, -0.1) is 0 Å². The molecule has 1 aromatic rings. The fraction of sp³-hybridized carbons (Fsp3) is 0.500. The normalized spacial score (nSPS) is 21.8. The van der Waals surface area contributed by atoms with Gasteiger partial charge in [-0.3, -0.25) is 9.59 Å². The van der Waals surface area contributed by atoms with Gasteiger partial charge in [0.15, 0.2) is 12.1 Å². The second-order valence-electron chi connectivity index (χ2n) is 5.44. The number of amides is 2. The van der Waals surface area contributed by atoms with E-state index >= 15 is 0 Å². The zero-order valence-electron chi connectivity index (χ0n) is 12.9. The van der Waals surface area contributed by atoms with Gasteiger partial charge in [0, 0.05) is 43.7 Å². The predicted octanol–water partition coefficient (Wildman–Crippen LogP) is -0.992. The van der Waals surface area contributed by atoms with Crippen LogP contribution in [0.3, 0.4) is 0 Å². The van der Waals surface area contributed by atoms with Crippen LogP contribution >= 0.6 is 0 Å². The first-order valence-corrected chi connectivity index (χ1v) is 7.46. The van der Waals surface area contributed by atoms with Crippen molar-refractivity contribution in [2.24, 2.45) is 5.92 Å². The molecular formula is C14H19N5O5. The van der Waals surface area contributed by atoms with Crippen LogP contribution in [-0.4, -0.2) is 64.2 Å². The second-order valence-corrected chi connectivity index (χ2v) is 5.44. The number of anilines is 1. The van der Waals surface area contributed by atoms with E-state index in [0.717, 1.165) is 5.56 Å². The summed E-state index contributed by atoms with van der Waals surface area (Å²) in [6, 6.07) is 0. The maximum Gasteiger partial charge on any atom is 0.404 e. The molecule has 2 amide bonds. The lowest BCUT2D eigenvalue weighted by molar-refractivity contribution is -0.116. The van der Waals surface area contributed by atoms with Crippen molar-refractivity contribution in [3.63, 3.8) is 0 Å². The summed E-state index contributed by atoms with van der Waals surface area (Å²) < 4.78 is 0. The molecule has 10 heteroatoms. The summed E-state index contributed by atoms with van der Waals surface area (Å²) in [4.78, 5) is 39.0. The molecule has 1 fully saturated rings. The third-order valence-corrected chi connectivity index (χ3v) is 3.69. The molecule has 3 heterocycles. The molecule has 10 nitrogen and oxygen atoms in total. The van der Waals surface area contributed by atoms with Crippen LogP contribution in [0.5, 0.6) is 0 Å². The maximum absolute atomic E-state index is 11.0. The number of aliphatic hydroxyl groups excluding tert-OH is 1. The molecule has 0 aromatic carbocycles. The first kappa shape index (κ1) is 17.8. The van der Waals surface area contributed by atoms with Crippen molar-refractivity contribution in [2.75, 3.05) is 25.0 Å². The molecule has 2 atom stereocenters. The molecule has 1 saturated heterocycles. The summed E-state index contributed by atoms with van der Waals surface area (Å²) in [5.74, 6) is 0.517. The third kappa shape index (κ3) is 4.96. The van der Waals surface area contributed by atoms with Crippen molar-refractivity contribution in [1.29, 1.82) is 0 Å². The summed E-state index contributed by atoms with van der Waals surface area (Å²) in [7, 11) is 0. The molecule has 0 saturated carbocycles. The summed E-state index contributed by atoms with van der Waals surface area (Å²) in [5, 5.41) is 25.2. The minimum atomic E-state index is -1.04. The molecule has 2 aliphatic rings. The first-order valence-electron chi connectivity index (χ1n) is 7.46. The minimum absolute atomic E-state index is 0.0195. The molecule has 0 radical (unpaired) electrons. The first-order chi connectivity index (χ1) is 11.5. The van der Waals surface area contributed by atoms with Crippen molar-refractivity contribution in [3.05, 3.63) is 17.6 Å². The highest BCUT2D eigenvalue weighted by Gasteiger charge is 2.24. The topological polar surface area (TPSA) is 154 Å². The molecule has 0 bridgehead atoms. The Balaban J connectivity index is 0.000000177. The monoisotopic (exact) mass is 337 g/mol. The summed E-state index contributed by atoms with van der Waals surface area (Å²) >= 11 is 0. The van der Waals surface area contributed by atoms with Crippen LogP contribution in [0.4, 0.5) is 10.6 Å². The Bertz CT molecular complexity index is 624. The Morgan fingerprint density at radius 1 is 1.42 bits per heavy atom. The second kappa shape index (κ2) is 8.31. The number of aliphatic hydroxyl groups is 1. The van der Waals surface area contributed by atoms with Gasteiger partial charge in [-0.1, -0.05) is 0 Å². The standard InChI is InChI=1S/C8H7N3O2.C6H12N2O3/c12-4-6-9-3-5-1-2-7(13)11-8(5)10-6;9-5-3-7-1-4(5)2-8-6(10)11/h3-4H,1-2H2,(H,9,10,11,13);4-5,7-9H,1-3H2,(H,10,11)/t;4-,5-/m.1/s1. The van der Waals surface area contributed by atoms with Gasteiger partial charge in [0.1, 0.15) is 5.82 Å². The number of hydrogen-bond donors (Lipinski definition) is 5. The Labute approximate surface area is 137 Å². The van der Waals surface area contributed by atoms with Gasteiger partial charge >= 0.3 is 6.09 Å². The fourth-order valence-electron chi connectivity index (χ4n) is 2.36. The van der Waals surface area contributed by atoms with Gasteiger partial charge < -0.3 is 26.2 Å². The van der Waals surface area contributed by atoms with Crippen molar-refractivity contribution in [1.82, 2.24) is 20.6 Å². The molecule has 0 spiro atoms. The largest absolute Gasteiger partial charge is 0.465 e. The SMILES string of the molecule is O=C(O)NC[C@H]1CNC[C@H]1O.O=Cc1ncc2c(n1)NC(=O)CC2. The third-order valence-electron chi connectivity index (χ3n) is 3.69. The van der Waals surface area contributed by atoms with Crippen molar-refractivity contribution < 1.29 is 24.6 Å². The van der Waals surface area contributed by atoms with E-state index in [-0.39, 0.29) is 17.6 Å². The maximum atomic E-state index is 11.0. The quantitative estimate of drug-likeness (QED) is 0.440. The number of aldehydes is 1. The van der Waals surface area contributed by atoms with Gasteiger partial charge in [-0.2, -0.15) is 0 Å². The zero-order chi connectivity index (χ0) is 17.5. The fourth-order valence-corrected chi connectivity index (χ4v) is 2.36. The smallest absolute Gasteiger partial charge is 0.404 e. The number of aromatic nitrogens is 2. The highest BCUT2D eigenvalue weighted by molar-refractivity contribution is 5.92. The Hall–Kier alpha value is -2.59. The van der Waals surface area contributed by atoms with E-state index in [9.17, 15) is 19.5 Å². The number of carbonyl (C=O) groups is 3. The summed E-state index contributed by atoms with van der Waals surface area (Å²) in [6.07, 6.45) is 1.77. The van der Waals surface area contributed by atoms with Crippen LogP contribution in [-0.2, 0) is 11.2 Å². The lowest BCUT2D eigenvalue weighted by atomic mass is 10.1. The number of carbonyl (C=O) groups excluding carboxylic acids is 2. The van der Waals surface area contributed by atoms with Crippen LogP contribution in [0.2, 0.25) is 0 Å². The number of fused-ring (bicyclic) bond motifs is 1. The number of aryl methyl sites for hydroxylation is 1. The van der Waals surface area contributed by atoms with Crippen LogP contribution in [0.15, 0.2) is 6.20 Å².